The molecule has 0 aliphatic heterocycles. The molecule has 2 nitrogen and oxygen atoms in total. The topological polar surface area (TPSA) is 19.7 Å². The van der Waals surface area contributed by atoms with Gasteiger partial charge in [-0.1, -0.05) is 95.0 Å². The largest absolute Gasteiger partial charge is 1.00 e. The summed E-state index contributed by atoms with van der Waals surface area (Å²) in [7, 11) is 0. The van der Waals surface area contributed by atoms with E-state index in [0.29, 0.717) is 0 Å². The zero-order valence-electron chi connectivity index (χ0n) is 16.8. The molecule has 0 saturated heterocycles. The fourth-order valence-corrected chi connectivity index (χ4v) is 3.50. The summed E-state index contributed by atoms with van der Waals surface area (Å²) in [6.45, 7) is 5.42. The highest BCUT2D eigenvalue weighted by Crippen LogP contribution is 2.12. The smallest absolute Gasteiger partial charge is 0.251 e. The van der Waals surface area contributed by atoms with Crippen LogP contribution in [0.4, 0.5) is 0 Å². The van der Waals surface area contributed by atoms with Crippen molar-refractivity contribution in [3.8, 4) is 0 Å². The van der Waals surface area contributed by atoms with E-state index >= 15 is 0 Å². The minimum Gasteiger partial charge on any atom is -1.00 e. The van der Waals surface area contributed by atoms with E-state index in [9.17, 15) is 0 Å². The summed E-state index contributed by atoms with van der Waals surface area (Å²) < 4.78 is 2.33. The van der Waals surface area contributed by atoms with Crippen LogP contribution >= 0.6 is 0 Å². The first-order valence-electron chi connectivity index (χ1n) is 10.4. The Morgan fingerprint density at radius 3 is 2.00 bits per heavy atom. The van der Waals surface area contributed by atoms with Crippen molar-refractivity contribution in [2.24, 2.45) is 0 Å². The van der Waals surface area contributed by atoms with Crippen LogP contribution in [-0.4, -0.2) is 4.98 Å². The van der Waals surface area contributed by atoms with Gasteiger partial charge in [0.05, 0.1) is 0 Å². The van der Waals surface area contributed by atoms with Gasteiger partial charge in [-0.05, 0) is 12.0 Å². The van der Waals surface area contributed by atoms with E-state index < -0.39 is 0 Å². The summed E-state index contributed by atoms with van der Waals surface area (Å²) in [5.41, 5.74) is 2.74. The van der Waals surface area contributed by atoms with Gasteiger partial charge in [-0.3, -0.25) is 0 Å². The van der Waals surface area contributed by atoms with Crippen molar-refractivity contribution in [3.05, 3.63) is 53.6 Å². The van der Waals surface area contributed by atoms with Crippen LogP contribution in [0, 0.1) is 6.92 Å². The lowest BCUT2D eigenvalue weighted by Crippen LogP contribution is -3.00. The van der Waals surface area contributed by atoms with Crippen LogP contribution in [-0.2, 0) is 13.0 Å². The number of imidazole rings is 1. The SMILES string of the molecule is CCCCCCCCCCCCc1c[n+](Cc2ccccc2)c(C)[nH]1.[Cl-]. The van der Waals surface area contributed by atoms with Gasteiger partial charge >= 0.3 is 0 Å². The maximum absolute atomic E-state index is 3.56. The summed E-state index contributed by atoms with van der Waals surface area (Å²) >= 11 is 0. The summed E-state index contributed by atoms with van der Waals surface area (Å²) in [5, 5.41) is 0. The molecule has 0 bridgehead atoms. The van der Waals surface area contributed by atoms with Crippen molar-refractivity contribution in [3.63, 3.8) is 0 Å². The number of nitrogens with zero attached hydrogens (tertiary/aromatic N) is 1. The maximum atomic E-state index is 3.56. The molecule has 26 heavy (non-hydrogen) atoms. The van der Waals surface area contributed by atoms with Crippen LogP contribution < -0.4 is 17.0 Å². The van der Waals surface area contributed by atoms with E-state index in [2.05, 4.69) is 59.9 Å². The van der Waals surface area contributed by atoms with Gasteiger partial charge in [0.1, 0.15) is 18.4 Å². The molecule has 0 saturated carbocycles. The fourth-order valence-electron chi connectivity index (χ4n) is 3.50. The lowest BCUT2D eigenvalue weighted by atomic mass is 10.1. The Balaban J connectivity index is 0.00000338. The molecule has 3 heteroatoms. The van der Waals surface area contributed by atoms with Gasteiger partial charge in [0.25, 0.3) is 5.82 Å². The quantitative estimate of drug-likeness (QED) is 0.409. The highest BCUT2D eigenvalue weighted by Gasteiger charge is 2.11. The minimum absolute atomic E-state index is 0. The normalized spacial score (nSPS) is 10.7. The van der Waals surface area contributed by atoms with Crippen molar-refractivity contribution >= 4 is 0 Å². The highest BCUT2D eigenvalue weighted by molar-refractivity contribution is 5.13. The molecule has 0 aliphatic rings. The highest BCUT2D eigenvalue weighted by atomic mass is 35.5. The molecule has 0 atom stereocenters. The third-order valence-corrected chi connectivity index (χ3v) is 5.08. The van der Waals surface area contributed by atoms with Crippen LogP contribution in [0.3, 0.4) is 0 Å². The lowest BCUT2D eigenvalue weighted by Gasteiger charge is -2.01. The Morgan fingerprint density at radius 2 is 1.38 bits per heavy atom. The van der Waals surface area contributed by atoms with Crippen LogP contribution in [0.15, 0.2) is 36.5 Å². The Kier molecular flexibility index (Phi) is 12.1. The molecular formula is C23H37ClN2. The number of nitrogens with one attached hydrogen (secondary N) is 1. The molecule has 0 unspecified atom stereocenters. The number of unbranched alkanes of at least 4 members (excludes halogenated alkanes) is 9. The van der Waals surface area contributed by atoms with Crippen molar-refractivity contribution in [2.75, 3.05) is 0 Å². The molecule has 1 N–H and O–H groups in total. The average Bonchev–Trinajstić information content (AvgIpc) is 2.97. The predicted molar refractivity (Wildman–Crippen MR) is 107 cm³/mol. The molecule has 0 aliphatic carbocycles. The summed E-state index contributed by atoms with van der Waals surface area (Å²) in [4.78, 5) is 3.56. The molecule has 2 rings (SSSR count). The first-order valence-corrected chi connectivity index (χ1v) is 10.4. The van der Waals surface area contributed by atoms with E-state index in [1.54, 1.807) is 0 Å². The van der Waals surface area contributed by atoms with Crippen molar-refractivity contribution in [2.45, 2.75) is 91.0 Å². The first kappa shape index (κ1) is 22.8. The molecule has 0 spiro atoms. The van der Waals surface area contributed by atoms with Crippen LogP contribution in [0.2, 0.25) is 0 Å². The molecule has 1 aromatic carbocycles. The van der Waals surface area contributed by atoms with Crippen LogP contribution in [0.25, 0.3) is 0 Å². The van der Waals surface area contributed by atoms with Gasteiger partial charge in [-0.25, -0.2) is 9.55 Å². The van der Waals surface area contributed by atoms with Gasteiger partial charge in [-0.15, -0.1) is 0 Å². The number of rotatable bonds is 13. The van der Waals surface area contributed by atoms with Crippen LogP contribution in [0.1, 0.15) is 88.2 Å². The number of hydrogen-bond donors (Lipinski definition) is 1. The lowest BCUT2D eigenvalue weighted by molar-refractivity contribution is -0.693. The standard InChI is InChI=1S/C23H36N2.ClH/c1-3-4-5-6-7-8-9-10-11-15-18-23-20-25(21(2)24-23)19-22-16-13-12-14-17-22;/h12-14,16-17,20H,3-11,15,18-19H2,1-2H3;1H. The van der Waals surface area contributed by atoms with E-state index in [1.807, 2.05) is 0 Å². The molecule has 146 valence electrons. The van der Waals surface area contributed by atoms with E-state index in [-0.39, 0.29) is 12.4 Å². The van der Waals surface area contributed by atoms with Gasteiger partial charge in [0, 0.05) is 13.3 Å². The Hall–Kier alpha value is -1.28. The average molecular weight is 377 g/mol. The third kappa shape index (κ3) is 8.89. The van der Waals surface area contributed by atoms with Gasteiger partial charge < -0.3 is 12.4 Å². The number of hydrogen-bond acceptors (Lipinski definition) is 0. The maximum Gasteiger partial charge on any atom is 0.251 e. The van der Waals surface area contributed by atoms with Gasteiger partial charge in [0.15, 0.2) is 0 Å². The molecule has 1 heterocycles. The van der Waals surface area contributed by atoms with E-state index in [0.717, 1.165) is 6.54 Å². The molecular weight excluding hydrogens is 340 g/mol. The minimum atomic E-state index is 0. The summed E-state index contributed by atoms with van der Waals surface area (Å²) in [6.07, 6.45) is 17.5. The predicted octanol–water partition coefficient (Wildman–Crippen LogP) is 3.13. The molecule has 0 radical (unpaired) electrons. The number of benzene rings is 1. The Morgan fingerprint density at radius 1 is 0.808 bits per heavy atom. The number of H-pyrrole nitrogens is 1. The van der Waals surface area contributed by atoms with Crippen molar-refractivity contribution in [1.29, 1.82) is 0 Å². The van der Waals surface area contributed by atoms with E-state index in [1.165, 1.54) is 87.7 Å². The summed E-state index contributed by atoms with van der Waals surface area (Å²) in [5.74, 6) is 1.26. The second-order valence-electron chi connectivity index (χ2n) is 7.41. The van der Waals surface area contributed by atoms with E-state index in [4.69, 9.17) is 0 Å². The second kappa shape index (κ2) is 13.9. The fraction of sp³-hybridized carbons (Fsp3) is 0.609. The van der Waals surface area contributed by atoms with Crippen LogP contribution in [0.5, 0.6) is 0 Å². The Bertz CT molecular complexity index is 577. The number of aromatic amines is 1. The monoisotopic (exact) mass is 376 g/mol. The van der Waals surface area contributed by atoms with Crippen molar-refractivity contribution < 1.29 is 17.0 Å². The Labute approximate surface area is 166 Å². The molecule has 1 aromatic heterocycles. The third-order valence-electron chi connectivity index (χ3n) is 5.08. The van der Waals surface area contributed by atoms with Crippen molar-refractivity contribution in [1.82, 2.24) is 4.98 Å². The molecule has 0 amide bonds. The number of halogens is 1. The zero-order valence-corrected chi connectivity index (χ0v) is 17.5. The second-order valence-corrected chi connectivity index (χ2v) is 7.41. The number of aromatic nitrogens is 2. The number of aryl methyl sites for hydroxylation is 2. The molecule has 2 aromatic rings. The molecule has 0 fully saturated rings. The van der Waals surface area contributed by atoms with Gasteiger partial charge in [0.2, 0.25) is 0 Å². The van der Waals surface area contributed by atoms with Gasteiger partial charge in [-0.2, -0.15) is 0 Å². The summed E-state index contributed by atoms with van der Waals surface area (Å²) in [6, 6.07) is 10.7. The zero-order chi connectivity index (χ0) is 17.7. The first-order chi connectivity index (χ1) is 12.3.